The van der Waals surface area contributed by atoms with Gasteiger partial charge >= 0.3 is 11.6 Å². The van der Waals surface area contributed by atoms with Crippen molar-refractivity contribution in [2.24, 2.45) is 0 Å². The van der Waals surface area contributed by atoms with E-state index in [1.807, 2.05) is 0 Å². The lowest BCUT2D eigenvalue weighted by atomic mass is 9.91. The van der Waals surface area contributed by atoms with Gasteiger partial charge in [0.1, 0.15) is 0 Å². The highest BCUT2D eigenvalue weighted by atomic mass is 32.2. The van der Waals surface area contributed by atoms with Crippen molar-refractivity contribution in [2.45, 2.75) is 42.7 Å². The number of amides is 1. The van der Waals surface area contributed by atoms with Crippen LogP contribution in [0.25, 0.3) is 10.9 Å². The number of aromatic amines is 1. The lowest BCUT2D eigenvalue weighted by molar-refractivity contribution is -0.386. The van der Waals surface area contributed by atoms with E-state index < -0.39 is 43.0 Å². The number of nitrogens with zero attached hydrogens (tertiary/aromatic N) is 3. The first-order chi connectivity index (χ1) is 21.7. The molecule has 0 atom stereocenters. The zero-order valence-electron chi connectivity index (χ0n) is 24.1. The Morgan fingerprint density at radius 2 is 1.73 bits per heavy atom. The smallest absolute Gasteiger partial charge is 0.312 e. The van der Waals surface area contributed by atoms with E-state index in [1.165, 1.54) is 36.4 Å². The zero-order chi connectivity index (χ0) is 31.6. The molecule has 1 aliphatic heterocycles. The Labute approximate surface area is 258 Å². The standard InChI is InChI=1S/C31H31FN4O8S/c32-26-20-27-22(12-13-33-27)18-30(26)44-36(31(37)21-4-2-1-3-5-21)45(40,41)25-10-11-29(28(19-25)35(38)39)43-24-8-6-23(7-9-24)34-14-16-42-17-15-34/h1-5,10-13,18-20,23-24,33H,6-9,14-17H2. The SMILES string of the molecule is O=C(c1ccccc1)N(Oc1cc2cc[nH]c2cc1F)S(=O)(=O)c1ccc(OC2CCC(N3CCOCC3)CC2)c([N+](=O)[O-])c1. The molecule has 14 heteroatoms. The van der Waals surface area contributed by atoms with Gasteiger partial charge in [0.15, 0.2) is 17.3 Å². The van der Waals surface area contributed by atoms with E-state index in [1.54, 1.807) is 18.3 Å². The average molecular weight is 639 g/mol. The Balaban J connectivity index is 1.27. The number of carbonyl (C=O) groups excluding carboxylic acids is 1. The van der Waals surface area contributed by atoms with Gasteiger partial charge in [-0.25, -0.2) is 4.39 Å². The second-order valence-corrected chi connectivity index (χ2v) is 12.7. The molecule has 2 aliphatic rings. The molecule has 0 unspecified atom stereocenters. The number of ether oxygens (including phenoxy) is 2. The van der Waals surface area contributed by atoms with Crippen LogP contribution in [0, 0.1) is 15.9 Å². The number of H-pyrrole nitrogens is 1. The summed E-state index contributed by atoms with van der Waals surface area (Å²) in [4.78, 5) is 35.0. The Morgan fingerprint density at radius 3 is 2.44 bits per heavy atom. The van der Waals surface area contributed by atoms with E-state index in [-0.39, 0.29) is 21.9 Å². The summed E-state index contributed by atoms with van der Waals surface area (Å²) in [5.41, 5.74) is -0.214. The van der Waals surface area contributed by atoms with Crippen LogP contribution in [-0.4, -0.2) is 72.0 Å². The Morgan fingerprint density at radius 1 is 1.00 bits per heavy atom. The highest BCUT2D eigenvalue weighted by Crippen LogP contribution is 2.35. The topological polar surface area (TPSA) is 144 Å². The molecule has 0 spiro atoms. The molecule has 45 heavy (non-hydrogen) atoms. The number of fused-ring (bicyclic) bond motifs is 1. The molecule has 2 fully saturated rings. The minimum Gasteiger partial charge on any atom is -0.484 e. The van der Waals surface area contributed by atoms with Crippen LogP contribution in [0.1, 0.15) is 36.0 Å². The van der Waals surface area contributed by atoms with Gasteiger partial charge < -0.3 is 19.3 Å². The van der Waals surface area contributed by atoms with Crippen molar-refractivity contribution < 1.29 is 36.8 Å². The zero-order valence-corrected chi connectivity index (χ0v) is 25.0. The maximum Gasteiger partial charge on any atom is 0.312 e. The molecule has 0 radical (unpaired) electrons. The van der Waals surface area contributed by atoms with Gasteiger partial charge in [0, 0.05) is 53.9 Å². The van der Waals surface area contributed by atoms with Crippen molar-refractivity contribution >= 4 is 32.5 Å². The molecule has 1 saturated carbocycles. The fourth-order valence-corrected chi connectivity index (χ4v) is 6.94. The average Bonchev–Trinajstić information content (AvgIpc) is 3.51. The predicted octanol–water partition coefficient (Wildman–Crippen LogP) is 5.06. The lowest BCUT2D eigenvalue weighted by Gasteiger charge is -2.38. The van der Waals surface area contributed by atoms with Crippen LogP contribution in [-0.2, 0) is 14.8 Å². The van der Waals surface area contributed by atoms with E-state index in [9.17, 15) is 27.7 Å². The molecule has 2 heterocycles. The molecule has 3 aromatic carbocycles. The van der Waals surface area contributed by atoms with Crippen molar-refractivity contribution in [3.63, 3.8) is 0 Å². The number of hydrogen-bond acceptors (Lipinski definition) is 9. The Hall–Kier alpha value is -4.53. The van der Waals surface area contributed by atoms with Crippen molar-refractivity contribution in [3.05, 3.63) is 94.4 Å². The number of hydroxylamine groups is 1. The van der Waals surface area contributed by atoms with Crippen LogP contribution in [0.15, 0.2) is 77.8 Å². The molecule has 4 aromatic rings. The number of rotatable bonds is 9. The molecule has 1 aliphatic carbocycles. The fourth-order valence-electron chi connectivity index (χ4n) is 5.74. The minimum atomic E-state index is -4.92. The summed E-state index contributed by atoms with van der Waals surface area (Å²) >= 11 is 0. The van der Waals surface area contributed by atoms with E-state index in [0.717, 1.165) is 44.1 Å². The molecular formula is C31H31FN4O8S. The number of morpholine rings is 1. The van der Waals surface area contributed by atoms with Crippen molar-refractivity contribution in [3.8, 4) is 11.5 Å². The monoisotopic (exact) mass is 638 g/mol. The van der Waals surface area contributed by atoms with Gasteiger partial charge in [0.05, 0.1) is 29.1 Å². The first-order valence-electron chi connectivity index (χ1n) is 14.6. The number of halogens is 1. The second-order valence-electron chi connectivity index (χ2n) is 10.9. The van der Waals surface area contributed by atoms with Crippen LogP contribution in [0.4, 0.5) is 10.1 Å². The summed E-state index contributed by atoms with van der Waals surface area (Å²) in [5, 5.41) is 12.6. The molecule has 1 amide bonds. The first-order valence-corrected chi connectivity index (χ1v) is 16.0. The summed E-state index contributed by atoms with van der Waals surface area (Å²) in [7, 11) is -4.92. The van der Waals surface area contributed by atoms with E-state index in [4.69, 9.17) is 14.3 Å². The molecule has 1 saturated heterocycles. The first kappa shape index (κ1) is 30.5. The molecule has 6 rings (SSSR count). The maximum absolute atomic E-state index is 15.0. The Bertz CT molecular complexity index is 1800. The van der Waals surface area contributed by atoms with Crippen LogP contribution in [0.5, 0.6) is 11.5 Å². The third-order valence-corrected chi connectivity index (χ3v) is 9.64. The van der Waals surface area contributed by atoms with E-state index in [0.29, 0.717) is 43.0 Å². The number of nitro benzene ring substituents is 1. The number of aromatic nitrogens is 1. The minimum absolute atomic E-state index is 0.0474. The molecule has 1 N–H and O–H groups in total. The summed E-state index contributed by atoms with van der Waals surface area (Å²) in [6.07, 6.45) is 4.38. The van der Waals surface area contributed by atoms with Crippen LogP contribution < -0.4 is 9.57 Å². The van der Waals surface area contributed by atoms with Crippen LogP contribution in [0.3, 0.4) is 0 Å². The highest BCUT2D eigenvalue weighted by Gasteiger charge is 2.36. The van der Waals surface area contributed by atoms with E-state index >= 15 is 0 Å². The predicted molar refractivity (Wildman–Crippen MR) is 161 cm³/mol. The number of hydrogen-bond donors (Lipinski definition) is 1. The molecule has 12 nitrogen and oxygen atoms in total. The Kier molecular flexibility index (Phi) is 8.70. The number of sulfonamides is 1. The summed E-state index contributed by atoms with van der Waals surface area (Å²) < 4.78 is 54.3. The van der Waals surface area contributed by atoms with Crippen LogP contribution >= 0.6 is 0 Å². The normalized spacial score (nSPS) is 19.2. The van der Waals surface area contributed by atoms with Crippen molar-refractivity contribution in [1.82, 2.24) is 14.4 Å². The van der Waals surface area contributed by atoms with Gasteiger partial charge in [0.25, 0.3) is 10.0 Å². The van der Waals surface area contributed by atoms with Gasteiger partial charge in [-0.2, -0.15) is 8.42 Å². The fraction of sp³-hybridized carbons (Fsp3) is 0.323. The third-order valence-electron chi connectivity index (χ3n) is 8.12. The molecular weight excluding hydrogens is 607 g/mol. The quantitative estimate of drug-likeness (QED) is 0.196. The van der Waals surface area contributed by atoms with Crippen molar-refractivity contribution in [2.75, 3.05) is 26.3 Å². The summed E-state index contributed by atoms with van der Waals surface area (Å²) in [6.45, 7) is 3.15. The van der Waals surface area contributed by atoms with Gasteiger partial charge in [-0.1, -0.05) is 22.7 Å². The number of benzene rings is 3. The second kappa shape index (κ2) is 12.8. The summed E-state index contributed by atoms with van der Waals surface area (Å²) in [5.74, 6) is -2.66. The lowest BCUT2D eigenvalue weighted by Crippen LogP contribution is -2.46. The summed E-state index contributed by atoms with van der Waals surface area (Å²) in [6, 6.07) is 14.9. The highest BCUT2D eigenvalue weighted by molar-refractivity contribution is 7.89. The largest absolute Gasteiger partial charge is 0.484 e. The van der Waals surface area contributed by atoms with Gasteiger partial charge in [-0.05, 0) is 62.1 Å². The van der Waals surface area contributed by atoms with Gasteiger partial charge in [-0.3, -0.25) is 19.8 Å². The molecule has 236 valence electrons. The van der Waals surface area contributed by atoms with Gasteiger partial charge in [0.2, 0.25) is 0 Å². The number of nitro groups is 1. The number of nitrogens with one attached hydrogen (secondary N) is 1. The molecule has 0 bridgehead atoms. The van der Waals surface area contributed by atoms with Crippen LogP contribution in [0.2, 0.25) is 0 Å². The van der Waals surface area contributed by atoms with Gasteiger partial charge in [-0.15, -0.1) is 0 Å². The van der Waals surface area contributed by atoms with Crippen molar-refractivity contribution in [1.29, 1.82) is 0 Å². The maximum atomic E-state index is 15.0. The molecule has 1 aromatic heterocycles. The third kappa shape index (κ3) is 6.48. The van der Waals surface area contributed by atoms with E-state index in [2.05, 4.69) is 9.88 Å². The number of carbonyl (C=O) groups is 1.